The minimum atomic E-state index is -0.534. The summed E-state index contributed by atoms with van der Waals surface area (Å²) in [6, 6.07) is -0.402. The Hall–Kier alpha value is -1.69. The van der Waals surface area contributed by atoms with Crippen LogP contribution in [-0.2, 0) is 19.1 Å². The summed E-state index contributed by atoms with van der Waals surface area (Å²) in [5.41, 5.74) is 0.522. The van der Waals surface area contributed by atoms with Gasteiger partial charge in [-0.15, -0.1) is 0 Å². The van der Waals surface area contributed by atoms with Gasteiger partial charge in [-0.3, -0.25) is 14.5 Å². The molecule has 0 bridgehead atoms. The predicted molar refractivity (Wildman–Crippen MR) is 134 cm³/mol. The molecule has 0 radical (unpaired) electrons. The molecule has 1 amide bonds. The molecule has 1 aliphatic heterocycles. The minimum absolute atomic E-state index is 0.0102. The highest BCUT2D eigenvalue weighted by molar-refractivity contribution is 5.92. The average Bonchev–Trinajstić information content (AvgIpc) is 2.75. The molecule has 0 aromatic carbocycles. The van der Waals surface area contributed by atoms with E-state index in [0.29, 0.717) is 24.1 Å². The number of rotatable bonds is 12. The topological polar surface area (TPSA) is 75.7 Å². The Balaban J connectivity index is 2.97. The number of hydrogen-bond acceptors (Lipinski definition) is 5. The van der Waals surface area contributed by atoms with Crippen molar-refractivity contribution < 1.29 is 19.1 Å². The number of likely N-dealkylation sites (tertiary alicyclic amines) is 1. The van der Waals surface area contributed by atoms with Gasteiger partial charge in [0, 0.05) is 18.0 Å². The summed E-state index contributed by atoms with van der Waals surface area (Å²) in [6.07, 6.45) is 5.11. The molecule has 0 aliphatic carbocycles. The second-order valence-electron chi connectivity index (χ2n) is 10.6. The van der Waals surface area contributed by atoms with E-state index in [1.807, 2.05) is 33.8 Å². The molecule has 190 valence electrons. The van der Waals surface area contributed by atoms with Crippen LogP contribution in [0.2, 0.25) is 0 Å². The number of esters is 1. The summed E-state index contributed by atoms with van der Waals surface area (Å²) in [5, 5.41) is 3.11. The molecule has 0 saturated carbocycles. The second kappa shape index (κ2) is 13.9. The van der Waals surface area contributed by atoms with E-state index in [-0.39, 0.29) is 47.9 Å². The van der Waals surface area contributed by atoms with Crippen LogP contribution in [-0.4, -0.2) is 53.8 Å². The molecule has 0 spiro atoms. The number of nitrogens with one attached hydrogen (secondary N) is 1. The number of nitrogens with zero attached hydrogens (tertiary/aromatic N) is 1. The van der Waals surface area contributed by atoms with Crippen molar-refractivity contribution in [1.29, 1.82) is 0 Å². The highest BCUT2D eigenvalue weighted by Crippen LogP contribution is 2.25. The van der Waals surface area contributed by atoms with Gasteiger partial charge in [-0.2, -0.15) is 0 Å². The van der Waals surface area contributed by atoms with Crippen molar-refractivity contribution in [2.75, 3.05) is 13.2 Å². The van der Waals surface area contributed by atoms with Gasteiger partial charge in [0.25, 0.3) is 0 Å². The maximum Gasteiger partial charge on any atom is 0.333 e. The van der Waals surface area contributed by atoms with Crippen molar-refractivity contribution >= 4 is 17.7 Å². The van der Waals surface area contributed by atoms with Gasteiger partial charge in [0.15, 0.2) is 5.78 Å². The van der Waals surface area contributed by atoms with Crippen LogP contribution in [0, 0.1) is 23.7 Å². The number of carbonyl (C=O) groups excluding carboxylic acids is 3. The highest BCUT2D eigenvalue weighted by Gasteiger charge is 2.35. The zero-order chi connectivity index (χ0) is 25.3. The SMILES string of the molecule is CCOC(=O)/C(C)=C/C(CC(=O)[C@@H](NC(=O)[C@H]1CCCCN1C(C)C(C)C)C(C)C)C(C)C. The van der Waals surface area contributed by atoms with E-state index in [1.54, 1.807) is 13.8 Å². The maximum absolute atomic E-state index is 13.3. The first-order valence-corrected chi connectivity index (χ1v) is 12.8. The van der Waals surface area contributed by atoms with Crippen molar-refractivity contribution in [3.63, 3.8) is 0 Å². The first kappa shape index (κ1) is 29.3. The van der Waals surface area contributed by atoms with Gasteiger partial charge in [-0.1, -0.05) is 54.0 Å². The summed E-state index contributed by atoms with van der Waals surface area (Å²) < 4.78 is 5.09. The largest absolute Gasteiger partial charge is 0.463 e. The van der Waals surface area contributed by atoms with Crippen molar-refractivity contribution in [2.45, 2.75) is 106 Å². The highest BCUT2D eigenvalue weighted by atomic mass is 16.5. The molecule has 0 aromatic heterocycles. The van der Waals surface area contributed by atoms with E-state index in [4.69, 9.17) is 4.74 Å². The fourth-order valence-corrected chi connectivity index (χ4v) is 4.45. The summed E-state index contributed by atoms with van der Waals surface area (Å²) in [7, 11) is 0. The molecule has 1 heterocycles. The lowest BCUT2D eigenvalue weighted by molar-refractivity contribution is -0.138. The fourth-order valence-electron chi connectivity index (χ4n) is 4.45. The number of Topliss-reactive ketones (excluding diaryl/α,β-unsaturated/α-hetero) is 1. The molecule has 1 fully saturated rings. The minimum Gasteiger partial charge on any atom is -0.463 e. The molecule has 1 rings (SSSR count). The molecule has 33 heavy (non-hydrogen) atoms. The molecule has 2 unspecified atom stereocenters. The van der Waals surface area contributed by atoms with Gasteiger partial charge in [-0.25, -0.2) is 4.79 Å². The monoisotopic (exact) mass is 464 g/mol. The number of ether oxygens (including phenoxy) is 1. The Morgan fingerprint density at radius 2 is 1.64 bits per heavy atom. The van der Waals surface area contributed by atoms with Crippen molar-refractivity contribution in [3.05, 3.63) is 11.6 Å². The van der Waals surface area contributed by atoms with Crippen LogP contribution in [0.4, 0.5) is 0 Å². The summed E-state index contributed by atoms with van der Waals surface area (Å²) in [4.78, 5) is 41.0. The van der Waals surface area contributed by atoms with Gasteiger partial charge >= 0.3 is 5.97 Å². The first-order chi connectivity index (χ1) is 15.4. The molecule has 6 nitrogen and oxygen atoms in total. The van der Waals surface area contributed by atoms with Gasteiger partial charge in [0.2, 0.25) is 5.91 Å². The van der Waals surface area contributed by atoms with Crippen molar-refractivity contribution in [3.8, 4) is 0 Å². The number of hydrogen-bond donors (Lipinski definition) is 1. The average molecular weight is 465 g/mol. The van der Waals surface area contributed by atoms with Gasteiger partial charge in [0.1, 0.15) is 0 Å². The maximum atomic E-state index is 13.3. The van der Waals surface area contributed by atoms with Gasteiger partial charge in [-0.05, 0) is 63.8 Å². The quantitative estimate of drug-likeness (QED) is 0.333. The fraction of sp³-hybridized carbons (Fsp3) is 0.815. The summed E-state index contributed by atoms with van der Waals surface area (Å²) in [5.74, 6) is 0.180. The number of amides is 1. The Kier molecular flexibility index (Phi) is 12.3. The number of piperidine rings is 1. The standard InChI is InChI=1S/C27H48N2O4/c1-10-33-27(32)20(8)15-22(18(4)5)16-24(30)25(19(6)7)28-26(31)23-13-11-12-14-29(23)21(9)17(2)3/h15,17-19,21-23,25H,10-14,16H2,1-9H3,(H,28,31)/b20-15+/t21?,22?,23-,25+/m1/s1. The van der Waals surface area contributed by atoms with E-state index < -0.39 is 6.04 Å². The molecule has 0 aromatic rings. The Bertz CT molecular complexity index is 684. The lowest BCUT2D eigenvalue weighted by Crippen LogP contribution is -2.57. The number of carbonyl (C=O) groups is 3. The molecule has 6 heteroatoms. The second-order valence-corrected chi connectivity index (χ2v) is 10.6. The Labute approximate surface area is 201 Å². The van der Waals surface area contributed by atoms with Crippen molar-refractivity contribution in [2.24, 2.45) is 23.7 Å². The van der Waals surface area contributed by atoms with Crippen LogP contribution < -0.4 is 5.32 Å². The van der Waals surface area contributed by atoms with Crippen LogP contribution in [0.1, 0.15) is 88.0 Å². The van der Waals surface area contributed by atoms with Gasteiger partial charge < -0.3 is 10.1 Å². The number of allylic oxidation sites excluding steroid dienone is 1. The van der Waals surface area contributed by atoms with E-state index in [2.05, 4.69) is 31.0 Å². The van der Waals surface area contributed by atoms with E-state index in [0.717, 1.165) is 25.8 Å². The summed E-state index contributed by atoms with van der Waals surface area (Å²) in [6.45, 7) is 19.4. The number of ketones is 1. The van der Waals surface area contributed by atoms with E-state index >= 15 is 0 Å². The summed E-state index contributed by atoms with van der Waals surface area (Å²) >= 11 is 0. The van der Waals surface area contributed by atoms with Crippen LogP contribution in [0.3, 0.4) is 0 Å². The molecule has 1 saturated heterocycles. The third-order valence-corrected chi connectivity index (χ3v) is 7.00. The zero-order valence-electron chi connectivity index (χ0n) is 22.4. The molecular weight excluding hydrogens is 416 g/mol. The molecule has 4 atom stereocenters. The van der Waals surface area contributed by atoms with E-state index in [9.17, 15) is 14.4 Å². The van der Waals surface area contributed by atoms with Crippen molar-refractivity contribution in [1.82, 2.24) is 10.2 Å². The van der Waals surface area contributed by atoms with E-state index in [1.165, 1.54) is 0 Å². The third kappa shape index (κ3) is 8.88. The predicted octanol–water partition coefficient (Wildman–Crippen LogP) is 4.77. The lowest BCUT2D eigenvalue weighted by atomic mass is 9.85. The molecular formula is C27H48N2O4. The Morgan fingerprint density at radius 1 is 1.00 bits per heavy atom. The lowest BCUT2D eigenvalue weighted by Gasteiger charge is -2.41. The molecule has 1 N–H and O–H groups in total. The normalized spacial score (nSPS) is 20.6. The first-order valence-electron chi connectivity index (χ1n) is 12.8. The van der Waals surface area contributed by atoms with Crippen LogP contribution in [0.25, 0.3) is 0 Å². The zero-order valence-corrected chi connectivity index (χ0v) is 22.4. The van der Waals surface area contributed by atoms with Gasteiger partial charge in [0.05, 0.1) is 18.7 Å². The molecule has 1 aliphatic rings. The third-order valence-electron chi connectivity index (χ3n) is 7.00. The van der Waals surface area contributed by atoms with Crippen LogP contribution in [0.5, 0.6) is 0 Å². The Morgan fingerprint density at radius 3 is 2.15 bits per heavy atom. The van der Waals surface area contributed by atoms with Crippen LogP contribution in [0.15, 0.2) is 11.6 Å². The van der Waals surface area contributed by atoms with Crippen LogP contribution >= 0.6 is 0 Å². The smallest absolute Gasteiger partial charge is 0.333 e.